The minimum absolute atomic E-state index is 0.0616. The van der Waals surface area contributed by atoms with Crippen molar-refractivity contribution in [2.75, 3.05) is 6.54 Å². The number of aromatic amines is 1. The first-order valence-electron chi connectivity index (χ1n) is 13.0. The standard InChI is InChI=1S/C31H29F3N4O3/c1-19(2)17-37-29(39)22-7-5-6-20(14-22)21-10-11-28(41-31(32,33)34)26(16-21)30(40)38-24(12-13-35)15-23-18-36-27-9-4-3-8-25(23)27/h3-11,14,16,18-19,24,36H,12,15,17H2,1-2H3,(H,37,39)(H,38,40). The summed E-state index contributed by atoms with van der Waals surface area (Å²) < 4.78 is 43.8. The summed E-state index contributed by atoms with van der Waals surface area (Å²) >= 11 is 0. The molecule has 0 spiro atoms. The quantitative estimate of drug-likeness (QED) is 0.209. The molecule has 4 rings (SSSR count). The topological polar surface area (TPSA) is 107 Å². The second kappa shape index (κ2) is 12.6. The SMILES string of the molecule is CC(C)CNC(=O)c1cccc(-c2ccc(OC(F)(F)F)c(C(=O)NC(CC#N)Cc3c[nH]c4ccccc34)c2)c1. The van der Waals surface area contributed by atoms with Crippen molar-refractivity contribution >= 4 is 22.7 Å². The van der Waals surface area contributed by atoms with Gasteiger partial charge in [0.2, 0.25) is 0 Å². The molecule has 0 bridgehead atoms. The maximum Gasteiger partial charge on any atom is 0.573 e. The number of nitrogens with zero attached hydrogens (tertiary/aromatic N) is 1. The zero-order chi connectivity index (χ0) is 29.6. The molecule has 1 unspecified atom stereocenters. The van der Waals surface area contributed by atoms with Gasteiger partial charge in [-0.2, -0.15) is 5.26 Å². The van der Waals surface area contributed by atoms with E-state index in [0.717, 1.165) is 22.5 Å². The van der Waals surface area contributed by atoms with Gasteiger partial charge in [-0.3, -0.25) is 9.59 Å². The van der Waals surface area contributed by atoms with Crippen molar-refractivity contribution in [1.29, 1.82) is 5.26 Å². The molecule has 0 aliphatic heterocycles. The predicted molar refractivity (Wildman–Crippen MR) is 149 cm³/mol. The minimum Gasteiger partial charge on any atom is -0.405 e. The van der Waals surface area contributed by atoms with E-state index in [2.05, 4.69) is 20.4 Å². The van der Waals surface area contributed by atoms with Gasteiger partial charge in [0.25, 0.3) is 11.8 Å². The van der Waals surface area contributed by atoms with Gasteiger partial charge in [0, 0.05) is 35.2 Å². The van der Waals surface area contributed by atoms with Gasteiger partial charge in [-0.1, -0.05) is 50.2 Å². The zero-order valence-electron chi connectivity index (χ0n) is 22.5. The maximum absolute atomic E-state index is 13.4. The Morgan fingerprint density at radius 3 is 2.49 bits per heavy atom. The van der Waals surface area contributed by atoms with Crippen LogP contribution in [0.25, 0.3) is 22.0 Å². The van der Waals surface area contributed by atoms with Crippen molar-refractivity contribution in [3.05, 3.63) is 89.6 Å². The fourth-order valence-corrected chi connectivity index (χ4v) is 4.45. The smallest absolute Gasteiger partial charge is 0.405 e. The molecule has 0 aliphatic carbocycles. The van der Waals surface area contributed by atoms with Crippen LogP contribution in [0, 0.1) is 17.2 Å². The van der Waals surface area contributed by atoms with Crippen molar-refractivity contribution in [3.8, 4) is 22.9 Å². The summed E-state index contributed by atoms with van der Waals surface area (Å²) in [7, 11) is 0. The van der Waals surface area contributed by atoms with Crippen LogP contribution in [-0.4, -0.2) is 35.7 Å². The van der Waals surface area contributed by atoms with E-state index in [4.69, 9.17) is 0 Å². The molecule has 0 aliphatic rings. The summed E-state index contributed by atoms with van der Waals surface area (Å²) in [6.07, 6.45) is -3.02. The molecule has 1 heterocycles. The normalized spacial score (nSPS) is 12.1. The Morgan fingerprint density at radius 2 is 1.76 bits per heavy atom. The Kier molecular flexibility index (Phi) is 8.97. The molecule has 1 atom stereocenters. The molecule has 3 N–H and O–H groups in total. The number of nitriles is 1. The van der Waals surface area contributed by atoms with Crippen molar-refractivity contribution in [2.24, 2.45) is 5.92 Å². The number of benzene rings is 3. The molecule has 2 amide bonds. The highest BCUT2D eigenvalue weighted by Crippen LogP contribution is 2.31. The molecule has 7 nitrogen and oxygen atoms in total. The summed E-state index contributed by atoms with van der Waals surface area (Å²) in [4.78, 5) is 29.1. The number of nitrogens with one attached hydrogen (secondary N) is 3. The average Bonchev–Trinajstić information content (AvgIpc) is 3.34. The molecule has 0 radical (unpaired) electrons. The highest BCUT2D eigenvalue weighted by molar-refractivity contribution is 5.99. The molecule has 0 fully saturated rings. The number of ether oxygens (including phenoxy) is 1. The van der Waals surface area contributed by atoms with E-state index in [1.807, 2.05) is 44.2 Å². The van der Waals surface area contributed by atoms with Crippen LogP contribution in [0.2, 0.25) is 0 Å². The summed E-state index contributed by atoms with van der Waals surface area (Å²) in [5, 5.41) is 15.8. The number of carbonyl (C=O) groups is 2. The number of H-pyrrole nitrogens is 1. The molecule has 212 valence electrons. The van der Waals surface area contributed by atoms with Crippen LogP contribution in [0.1, 0.15) is 46.5 Å². The number of rotatable bonds is 10. The lowest BCUT2D eigenvalue weighted by Gasteiger charge is -2.19. The average molecular weight is 563 g/mol. The third-order valence-electron chi connectivity index (χ3n) is 6.39. The lowest BCUT2D eigenvalue weighted by molar-refractivity contribution is -0.274. The van der Waals surface area contributed by atoms with Crippen LogP contribution >= 0.6 is 0 Å². The number of para-hydroxylation sites is 1. The molecule has 0 saturated carbocycles. The molecule has 1 aromatic heterocycles. The Balaban J connectivity index is 1.64. The van der Waals surface area contributed by atoms with Gasteiger partial charge in [-0.15, -0.1) is 13.2 Å². The van der Waals surface area contributed by atoms with Gasteiger partial charge in [-0.05, 0) is 59.4 Å². The Hall–Kier alpha value is -4.78. The molecule has 10 heteroatoms. The lowest BCUT2D eigenvalue weighted by atomic mass is 9.99. The van der Waals surface area contributed by atoms with Gasteiger partial charge in [0.1, 0.15) is 5.75 Å². The number of fused-ring (bicyclic) bond motifs is 1. The van der Waals surface area contributed by atoms with E-state index in [1.54, 1.807) is 30.5 Å². The Labute approximate surface area is 235 Å². The zero-order valence-corrected chi connectivity index (χ0v) is 22.5. The van der Waals surface area contributed by atoms with E-state index in [-0.39, 0.29) is 30.2 Å². The Morgan fingerprint density at radius 1 is 1.00 bits per heavy atom. The largest absolute Gasteiger partial charge is 0.573 e. The number of halogens is 3. The number of amides is 2. The highest BCUT2D eigenvalue weighted by atomic mass is 19.4. The van der Waals surface area contributed by atoms with E-state index in [1.165, 1.54) is 12.1 Å². The van der Waals surface area contributed by atoms with E-state index < -0.39 is 24.1 Å². The third kappa shape index (κ3) is 7.66. The summed E-state index contributed by atoms with van der Waals surface area (Å²) in [5.74, 6) is -1.53. The minimum atomic E-state index is -5.03. The fraction of sp³-hybridized carbons (Fsp3) is 0.258. The van der Waals surface area contributed by atoms with E-state index in [9.17, 15) is 28.0 Å². The van der Waals surface area contributed by atoms with Crippen LogP contribution in [-0.2, 0) is 6.42 Å². The number of hydrogen-bond donors (Lipinski definition) is 3. The molecular formula is C31H29F3N4O3. The number of alkyl halides is 3. The van der Waals surface area contributed by atoms with Crippen molar-refractivity contribution in [2.45, 2.75) is 39.1 Å². The third-order valence-corrected chi connectivity index (χ3v) is 6.39. The first-order valence-corrected chi connectivity index (χ1v) is 13.0. The van der Waals surface area contributed by atoms with Crippen molar-refractivity contribution in [3.63, 3.8) is 0 Å². The number of aromatic nitrogens is 1. The molecule has 41 heavy (non-hydrogen) atoms. The van der Waals surface area contributed by atoms with E-state index >= 15 is 0 Å². The van der Waals surface area contributed by atoms with Crippen LogP contribution in [0.15, 0.2) is 72.9 Å². The summed E-state index contributed by atoms with van der Waals surface area (Å²) in [6, 6.07) is 19.2. The summed E-state index contributed by atoms with van der Waals surface area (Å²) in [6.45, 7) is 4.42. The molecule has 3 aromatic carbocycles. The lowest BCUT2D eigenvalue weighted by Crippen LogP contribution is -2.36. The predicted octanol–water partition coefficient (Wildman–Crippen LogP) is 6.37. The van der Waals surface area contributed by atoms with E-state index in [0.29, 0.717) is 23.2 Å². The highest BCUT2D eigenvalue weighted by Gasteiger charge is 2.33. The number of hydrogen-bond acceptors (Lipinski definition) is 4. The van der Waals surface area contributed by atoms with Gasteiger partial charge in [0.15, 0.2) is 0 Å². The van der Waals surface area contributed by atoms with Gasteiger partial charge in [-0.25, -0.2) is 0 Å². The van der Waals surface area contributed by atoms with Gasteiger partial charge in [0.05, 0.1) is 18.1 Å². The van der Waals surface area contributed by atoms with Crippen LogP contribution in [0.4, 0.5) is 13.2 Å². The summed E-state index contributed by atoms with van der Waals surface area (Å²) in [5.41, 5.74) is 2.71. The second-order valence-corrected chi connectivity index (χ2v) is 10.0. The van der Waals surface area contributed by atoms with Crippen molar-refractivity contribution < 1.29 is 27.5 Å². The Bertz CT molecular complexity index is 1590. The van der Waals surface area contributed by atoms with Crippen LogP contribution in [0.3, 0.4) is 0 Å². The second-order valence-electron chi connectivity index (χ2n) is 10.0. The first-order chi connectivity index (χ1) is 19.5. The van der Waals surface area contributed by atoms with Crippen LogP contribution < -0.4 is 15.4 Å². The molecule has 4 aromatic rings. The maximum atomic E-state index is 13.4. The fourth-order valence-electron chi connectivity index (χ4n) is 4.45. The van der Waals surface area contributed by atoms with Crippen LogP contribution in [0.5, 0.6) is 5.75 Å². The number of carbonyl (C=O) groups excluding carboxylic acids is 2. The van der Waals surface area contributed by atoms with Gasteiger partial charge >= 0.3 is 6.36 Å². The first kappa shape index (κ1) is 29.2. The molecule has 0 saturated heterocycles. The van der Waals surface area contributed by atoms with Gasteiger partial charge < -0.3 is 20.4 Å². The molecular weight excluding hydrogens is 533 g/mol. The monoisotopic (exact) mass is 562 g/mol. The van der Waals surface area contributed by atoms with Crippen molar-refractivity contribution in [1.82, 2.24) is 15.6 Å².